The number of terminal acetylenes is 1. The van der Waals surface area contributed by atoms with Crippen molar-refractivity contribution < 1.29 is 4.74 Å². The summed E-state index contributed by atoms with van der Waals surface area (Å²) in [6, 6.07) is 7.81. The molecular formula is C25H27N7O. The zero-order valence-corrected chi connectivity index (χ0v) is 18.6. The van der Waals surface area contributed by atoms with Crippen LogP contribution in [0.15, 0.2) is 42.9 Å². The van der Waals surface area contributed by atoms with Crippen LogP contribution >= 0.6 is 0 Å². The van der Waals surface area contributed by atoms with Crippen molar-refractivity contribution in [3.05, 3.63) is 54.1 Å². The van der Waals surface area contributed by atoms with Crippen LogP contribution in [0, 0.1) is 12.3 Å². The lowest BCUT2D eigenvalue weighted by Crippen LogP contribution is -2.35. The van der Waals surface area contributed by atoms with E-state index in [0.29, 0.717) is 5.95 Å². The molecule has 0 atom stereocenters. The Morgan fingerprint density at radius 2 is 1.82 bits per heavy atom. The molecule has 0 unspecified atom stereocenters. The highest BCUT2D eigenvalue weighted by molar-refractivity contribution is 5.67. The Kier molecular flexibility index (Phi) is 6.42. The molecule has 0 radical (unpaired) electrons. The molecule has 5 rings (SSSR count). The second-order valence-corrected chi connectivity index (χ2v) is 8.25. The summed E-state index contributed by atoms with van der Waals surface area (Å²) in [6.07, 6.45) is 13.5. The third kappa shape index (κ3) is 5.11. The van der Waals surface area contributed by atoms with E-state index < -0.39 is 0 Å². The molecule has 0 aromatic carbocycles. The second-order valence-electron chi connectivity index (χ2n) is 8.25. The maximum Gasteiger partial charge on any atom is 0.227 e. The number of hydrogen-bond donors (Lipinski definition) is 1. The van der Waals surface area contributed by atoms with Gasteiger partial charge in [-0.2, -0.15) is 0 Å². The molecule has 0 bridgehead atoms. The maximum atomic E-state index is 5.80. The molecule has 8 heteroatoms. The van der Waals surface area contributed by atoms with Gasteiger partial charge in [0.15, 0.2) is 0 Å². The van der Waals surface area contributed by atoms with Gasteiger partial charge in [0.2, 0.25) is 5.95 Å². The molecular weight excluding hydrogens is 414 g/mol. The molecule has 8 nitrogen and oxygen atoms in total. The summed E-state index contributed by atoms with van der Waals surface area (Å²) in [5.41, 5.74) is 4.34. The van der Waals surface area contributed by atoms with E-state index in [1.807, 2.05) is 36.7 Å². The monoisotopic (exact) mass is 441 g/mol. The first-order valence-corrected chi connectivity index (χ1v) is 11.4. The minimum Gasteiger partial charge on any atom is -0.379 e. The van der Waals surface area contributed by atoms with Crippen LogP contribution in [0.2, 0.25) is 0 Å². The predicted molar refractivity (Wildman–Crippen MR) is 128 cm³/mol. The van der Waals surface area contributed by atoms with Crippen molar-refractivity contribution in [2.75, 3.05) is 49.6 Å². The molecule has 168 valence electrons. The van der Waals surface area contributed by atoms with Crippen molar-refractivity contribution in [3.8, 4) is 23.6 Å². The highest BCUT2D eigenvalue weighted by Gasteiger charge is 2.17. The zero-order chi connectivity index (χ0) is 22.5. The van der Waals surface area contributed by atoms with Crippen LogP contribution < -0.4 is 10.2 Å². The van der Waals surface area contributed by atoms with Crippen molar-refractivity contribution in [1.29, 1.82) is 0 Å². The molecule has 0 spiro atoms. The van der Waals surface area contributed by atoms with E-state index in [-0.39, 0.29) is 0 Å². The Morgan fingerprint density at radius 3 is 2.64 bits per heavy atom. The van der Waals surface area contributed by atoms with Gasteiger partial charge in [-0.15, -0.1) is 6.42 Å². The van der Waals surface area contributed by atoms with Gasteiger partial charge in [-0.25, -0.2) is 15.0 Å². The van der Waals surface area contributed by atoms with Crippen molar-refractivity contribution in [3.63, 3.8) is 0 Å². The first kappa shape index (κ1) is 21.3. The number of rotatable bonds is 6. The number of pyridine rings is 2. The fourth-order valence-electron chi connectivity index (χ4n) is 4.22. The van der Waals surface area contributed by atoms with Gasteiger partial charge in [-0.05, 0) is 37.1 Å². The standard InChI is InChI=1S/C25H27N7O/c1-2-19-15-20(17-28-24(19)32-9-3-4-10-32)23-6-8-27-25(30-23)29-21-5-7-26-22(16-21)18-31-11-13-33-14-12-31/h1,5-8,15-17H,3-4,9-14,18H2,(H,26,27,29,30). The van der Waals surface area contributed by atoms with E-state index in [4.69, 9.17) is 16.1 Å². The Balaban J connectivity index is 1.32. The smallest absolute Gasteiger partial charge is 0.227 e. The summed E-state index contributed by atoms with van der Waals surface area (Å²) >= 11 is 0. The van der Waals surface area contributed by atoms with E-state index in [2.05, 4.69) is 36.0 Å². The van der Waals surface area contributed by atoms with Gasteiger partial charge < -0.3 is 15.0 Å². The second kappa shape index (κ2) is 9.94. The molecule has 2 aliphatic rings. The van der Waals surface area contributed by atoms with Gasteiger partial charge in [-0.3, -0.25) is 9.88 Å². The van der Waals surface area contributed by atoms with Crippen molar-refractivity contribution in [2.45, 2.75) is 19.4 Å². The largest absolute Gasteiger partial charge is 0.379 e. The number of anilines is 3. The Labute approximate surface area is 194 Å². The summed E-state index contributed by atoms with van der Waals surface area (Å²) < 4.78 is 5.43. The van der Waals surface area contributed by atoms with Crippen LogP contribution in [0.5, 0.6) is 0 Å². The highest BCUT2D eigenvalue weighted by Crippen LogP contribution is 2.26. The van der Waals surface area contributed by atoms with E-state index in [1.165, 1.54) is 12.8 Å². The van der Waals surface area contributed by atoms with Crippen LogP contribution in [0.25, 0.3) is 11.3 Å². The molecule has 33 heavy (non-hydrogen) atoms. The molecule has 2 saturated heterocycles. The fraction of sp³-hybridized carbons (Fsp3) is 0.360. The van der Waals surface area contributed by atoms with E-state index in [9.17, 15) is 0 Å². The Bertz CT molecular complexity index is 1150. The molecule has 0 aliphatic carbocycles. The van der Waals surface area contributed by atoms with Crippen LogP contribution in [0.3, 0.4) is 0 Å². The lowest BCUT2D eigenvalue weighted by Gasteiger charge is -2.26. The number of ether oxygens (including phenoxy) is 1. The third-order valence-corrected chi connectivity index (χ3v) is 5.94. The van der Waals surface area contributed by atoms with E-state index >= 15 is 0 Å². The Morgan fingerprint density at radius 1 is 1.00 bits per heavy atom. The van der Waals surface area contributed by atoms with E-state index in [1.54, 1.807) is 6.20 Å². The van der Waals surface area contributed by atoms with Crippen LogP contribution in [0.4, 0.5) is 17.5 Å². The zero-order valence-electron chi connectivity index (χ0n) is 18.6. The quantitative estimate of drug-likeness (QED) is 0.585. The molecule has 5 heterocycles. The number of morpholine rings is 1. The van der Waals surface area contributed by atoms with Gasteiger partial charge in [0, 0.05) is 62.6 Å². The Hall–Kier alpha value is -3.54. The normalized spacial score (nSPS) is 16.5. The number of hydrogen-bond acceptors (Lipinski definition) is 8. The SMILES string of the molecule is C#Cc1cc(-c2ccnc(Nc3ccnc(CN4CCOCC4)c3)n2)cnc1N1CCCC1. The number of nitrogens with zero attached hydrogens (tertiary/aromatic N) is 6. The molecule has 1 N–H and O–H groups in total. The maximum absolute atomic E-state index is 5.80. The van der Waals surface area contributed by atoms with Crippen LogP contribution in [-0.2, 0) is 11.3 Å². The molecule has 2 fully saturated rings. The molecule has 3 aromatic rings. The molecule has 3 aromatic heterocycles. The molecule has 0 amide bonds. The van der Waals surface area contributed by atoms with Crippen molar-refractivity contribution in [1.82, 2.24) is 24.8 Å². The predicted octanol–water partition coefficient (Wildman–Crippen LogP) is 3.09. The number of nitrogens with one attached hydrogen (secondary N) is 1. The van der Waals surface area contributed by atoms with Crippen molar-refractivity contribution in [2.24, 2.45) is 0 Å². The van der Waals surface area contributed by atoms with Crippen LogP contribution in [0.1, 0.15) is 24.1 Å². The number of aromatic nitrogens is 4. The third-order valence-electron chi connectivity index (χ3n) is 5.94. The first-order valence-electron chi connectivity index (χ1n) is 11.4. The minimum atomic E-state index is 0.516. The highest BCUT2D eigenvalue weighted by atomic mass is 16.5. The summed E-state index contributed by atoms with van der Waals surface area (Å²) in [7, 11) is 0. The first-order chi connectivity index (χ1) is 16.3. The van der Waals surface area contributed by atoms with Gasteiger partial charge >= 0.3 is 0 Å². The summed E-state index contributed by atoms with van der Waals surface area (Å²) in [6.45, 7) is 6.19. The van der Waals surface area contributed by atoms with Gasteiger partial charge in [0.1, 0.15) is 5.82 Å². The van der Waals surface area contributed by atoms with Gasteiger partial charge in [0.05, 0.1) is 30.2 Å². The lowest BCUT2D eigenvalue weighted by molar-refractivity contribution is 0.0336. The molecule has 0 saturated carbocycles. The van der Waals surface area contributed by atoms with Gasteiger partial charge in [0.25, 0.3) is 0 Å². The topological polar surface area (TPSA) is 79.3 Å². The average Bonchev–Trinajstić information content (AvgIpc) is 3.40. The fourth-order valence-corrected chi connectivity index (χ4v) is 4.22. The van der Waals surface area contributed by atoms with Gasteiger partial charge in [-0.1, -0.05) is 5.92 Å². The van der Waals surface area contributed by atoms with E-state index in [0.717, 1.165) is 80.0 Å². The summed E-state index contributed by atoms with van der Waals surface area (Å²) in [5, 5.41) is 3.30. The molecule has 2 aliphatic heterocycles. The lowest BCUT2D eigenvalue weighted by atomic mass is 10.1. The summed E-state index contributed by atoms with van der Waals surface area (Å²) in [4.78, 5) is 22.9. The van der Waals surface area contributed by atoms with Crippen molar-refractivity contribution >= 4 is 17.5 Å². The average molecular weight is 442 g/mol. The van der Waals surface area contributed by atoms with Crippen LogP contribution in [-0.4, -0.2) is 64.2 Å². The summed E-state index contributed by atoms with van der Waals surface area (Å²) in [5.74, 6) is 4.20. The minimum absolute atomic E-state index is 0.516.